The first-order valence-electron chi connectivity index (χ1n) is 6.58. The molecule has 3 aromatic rings. The van der Waals surface area contributed by atoms with Gasteiger partial charge in [-0.25, -0.2) is 4.39 Å². The minimum absolute atomic E-state index is 0.162. The lowest BCUT2D eigenvalue weighted by molar-refractivity contribution is 0.0946. The maximum atomic E-state index is 13.0. The second kappa shape index (κ2) is 6.13. The number of rotatable bonds is 4. The topological polar surface area (TPSA) is 83.6 Å². The molecule has 0 unspecified atom stereocenters. The van der Waals surface area contributed by atoms with Crippen LogP contribution in [0.15, 0.2) is 48.8 Å². The largest absolute Gasteiger partial charge is 0.346 e. The van der Waals surface area contributed by atoms with Gasteiger partial charge in [-0.15, -0.1) is 0 Å². The maximum absolute atomic E-state index is 13.0. The molecule has 110 valence electrons. The molecule has 2 N–H and O–H groups in total. The lowest BCUT2D eigenvalue weighted by Gasteiger charge is -2.04. The number of aromatic nitrogens is 4. The predicted molar refractivity (Wildman–Crippen MR) is 77.2 cm³/mol. The molecule has 2 heterocycles. The van der Waals surface area contributed by atoms with Gasteiger partial charge in [0.05, 0.1) is 0 Å². The fourth-order valence-corrected chi connectivity index (χ4v) is 1.97. The first-order valence-corrected chi connectivity index (χ1v) is 6.58. The van der Waals surface area contributed by atoms with E-state index in [4.69, 9.17) is 0 Å². The third-order valence-electron chi connectivity index (χ3n) is 3.06. The molecular weight excluding hydrogens is 285 g/mol. The molecule has 0 spiro atoms. The fraction of sp³-hybridized carbons (Fsp3) is 0.0667. The number of nitrogens with zero attached hydrogens (tertiary/aromatic N) is 3. The van der Waals surface area contributed by atoms with Crippen molar-refractivity contribution in [2.45, 2.75) is 6.54 Å². The number of hydrogen-bond acceptors (Lipinski definition) is 4. The summed E-state index contributed by atoms with van der Waals surface area (Å²) in [7, 11) is 0. The summed E-state index contributed by atoms with van der Waals surface area (Å²) < 4.78 is 13.0. The monoisotopic (exact) mass is 297 g/mol. The number of carbonyl (C=O) groups excluding carboxylic acids is 1. The molecule has 0 atom stereocenters. The molecule has 0 aliphatic heterocycles. The van der Waals surface area contributed by atoms with Gasteiger partial charge in [-0.05, 0) is 35.9 Å². The Kier molecular flexibility index (Phi) is 3.86. The average molecular weight is 297 g/mol. The van der Waals surface area contributed by atoms with Gasteiger partial charge in [0.25, 0.3) is 5.91 Å². The van der Waals surface area contributed by atoms with Gasteiger partial charge in [0.15, 0.2) is 5.69 Å². The van der Waals surface area contributed by atoms with E-state index in [1.54, 1.807) is 30.6 Å². The quantitative estimate of drug-likeness (QED) is 0.771. The SMILES string of the molecule is O=C(NCc1cccnc1)c1n[nH]nc1-c1ccc(F)cc1. The molecule has 6 nitrogen and oxygen atoms in total. The minimum atomic E-state index is -0.364. The Labute approximate surface area is 125 Å². The van der Waals surface area contributed by atoms with E-state index >= 15 is 0 Å². The lowest BCUT2D eigenvalue weighted by Crippen LogP contribution is -2.23. The first-order chi connectivity index (χ1) is 10.7. The van der Waals surface area contributed by atoms with Crippen LogP contribution in [0.3, 0.4) is 0 Å². The van der Waals surface area contributed by atoms with E-state index in [2.05, 4.69) is 25.7 Å². The van der Waals surface area contributed by atoms with Crippen molar-refractivity contribution in [3.8, 4) is 11.3 Å². The second-order valence-corrected chi connectivity index (χ2v) is 4.57. The van der Waals surface area contributed by atoms with Crippen LogP contribution in [-0.2, 0) is 6.54 Å². The lowest BCUT2D eigenvalue weighted by atomic mass is 10.1. The Hall–Kier alpha value is -3.09. The highest BCUT2D eigenvalue weighted by Crippen LogP contribution is 2.19. The average Bonchev–Trinajstić information content (AvgIpc) is 3.04. The van der Waals surface area contributed by atoms with Gasteiger partial charge in [-0.2, -0.15) is 15.4 Å². The zero-order valence-corrected chi connectivity index (χ0v) is 11.5. The smallest absolute Gasteiger partial charge is 0.274 e. The van der Waals surface area contributed by atoms with E-state index in [1.807, 2.05) is 6.07 Å². The van der Waals surface area contributed by atoms with Crippen molar-refractivity contribution in [3.05, 3.63) is 65.9 Å². The highest BCUT2D eigenvalue weighted by molar-refractivity contribution is 5.97. The molecule has 0 saturated heterocycles. The zero-order valence-electron chi connectivity index (χ0n) is 11.5. The van der Waals surface area contributed by atoms with Crippen LogP contribution in [0.2, 0.25) is 0 Å². The molecule has 0 bridgehead atoms. The van der Waals surface area contributed by atoms with E-state index in [0.29, 0.717) is 17.8 Å². The number of carbonyl (C=O) groups is 1. The number of halogens is 1. The summed E-state index contributed by atoms with van der Waals surface area (Å²) in [4.78, 5) is 16.2. The van der Waals surface area contributed by atoms with E-state index in [0.717, 1.165) is 5.56 Å². The Balaban J connectivity index is 1.76. The Morgan fingerprint density at radius 1 is 1.18 bits per heavy atom. The summed E-state index contributed by atoms with van der Waals surface area (Å²) >= 11 is 0. The molecule has 0 aliphatic carbocycles. The highest BCUT2D eigenvalue weighted by atomic mass is 19.1. The van der Waals surface area contributed by atoms with E-state index in [-0.39, 0.29) is 17.4 Å². The summed E-state index contributed by atoms with van der Waals surface area (Å²) in [6.07, 6.45) is 3.33. The Bertz CT molecular complexity index is 770. The van der Waals surface area contributed by atoms with Crippen LogP contribution in [0.1, 0.15) is 16.1 Å². The maximum Gasteiger partial charge on any atom is 0.274 e. The van der Waals surface area contributed by atoms with Gasteiger partial charge in [-0.1, -0.05) is 6.07 Å². The summed E-state index contributed by atoms with van der Waals surface area (Å²) in [5.41, 5.74) is 2.03. The Morgan fingerprint density at radius 3 is 2.73 bits per heavy atom. The highest BCUT2D eigenvalue weighted by Gasteiger charge is 2.17. The number of H-pyrrole nitrogens is 1. The van der Waals surface area contributed by atoms with Crippen molar-refractivity contribution in [1.82, 2.24) is 25.7 Å². The third-order valence-corrected chi connectivity index (χ3v) is 3.06. The molecule has 2 aromatic heterocycles. The molecule has 0 fully saturated rings. The number of aromatic amines is 1. The fourth-order valence-electron chi connectivity index (χ4n) is 1.97. The first kappa shape index (κ1) is 13.9. The Morgan fingerprint density at radius 2 is 2.00 bits per heavy atom. The van der Waals surface area contributed by atoms with Crippen LogP contribution < -0.4 is 5.32 Å². The molecule has 7 heteroatoms. The van der Waals surface area contributed by atoms with E-state index in [1.165, 1.54) is 12.1 Å². The van der Waals surface area contributed by atoms with Crippen molar-refractivity contribution in [3.63, 3.8) is 0 Å². The summed E-state index contributed by atoms with van der Waals surface area (Å²) in [5.74, 6) is -0.716. The van der Waals surface area contributed by atoms with Crippen LogP contribution in [-0.4, -0.2) is 26.3 Å². The van der Waals surface area contributed by atoms with Crippen LogP contribution in [0.5, 0.6) is 0 Å². The molecule has 0 saturated carbocycles. The van der Waals surface area contributed by atoms with Gasteiger partial charge < -0.3 is 5.32 Å². The molecule has 0 aliphatic rings. The van der Waals surface area contributed by atoms with Crippen molar-refractivity contribution >= 4 is 5.91 Å². The van der Waals surface area contributed by atoms with E-state index < -0.39 is 0 Å². The van der Waals surface area contributed by atoms with E-state index in [9.17, 15) is 9.18 Å². The third kappa shape index (κ3) is 2.98. The van der Waals surface area contributed by atoms with Gasteiger partial charge >= 0.3 is 0 Å². The number of nitrogens with one attached hydrogen (secondary N) is 2. The summed E-state index contributed by atoms with van der Waals surface area (Å²) in [5, 5.41) is 13.0. The van der Waals surface area contributed by atoms with Gasteiger partial charge in [0, 0.05) is 24.5 Å². The summed E-state index contributed by atoms with van der Waals surface area (Å²) in [6, 6.07) is 9.36. The number of benzene rings is 1. The van der Waals surface area contributed by atoms with Crippen molar-refractivity contribution in [1.29, 1.82) is 0 Å². The van der Waals surface area contributed by atoms with Crippen LogP contribution in [0.4, 0.5) is 4.39 Å². The normalized spacial score (nSPS) is 10.4. The van der Waals surface area contributed by atoms with Crippen molar-refractivity contribution in [2.75, 3.05) is 0 Å². The molecule has 22 heavy (non-hydrogen) atoms. The van der Waals surface area contributed by atoms with Crippen LogP contribution >= 0.6 is 0 Å². The molecule has 1 amide bonds. The van der Waals surface area contributed by atoms with Crippen LogP contribution in [0, 0.1) is 5.82 Å². The molecule has 1 aromatic carbocycles. The van der Waals surface area contributed by atoms with Crippen molar-refractivity contribution in [2.24, 2.45) is 0 Å². The minimum Gasteiger partial charge on any atom is -0.346 e. The van der Waals surface area contributed by atoms with Gasteiger partial charge in [-0.3, -0.25) is 9.78 Å². The second-order valence-electron chi connectivity index (χ2n) is 4.57. The number of pyridine rings is 1. The summed E-state index contributed by atoms with van der Waals surface area (Å²) in [6.45, 7) is 0.336. The number of hydrogen-bond donors (Lipinski definition) is 2. The predicted octanol–water partition coefficient (Wildman–Crippen LogP) is 1.94. The molecule has 0 radical (unpaired) electrons. The van der Waals surface area contributed by atoms with Crippen molar-refractivity contribution < 1.29 is 9.18 Å². The van der Waals surface area contributed by atoms with Crippen LogP contribution in [0.25, 0.3) is 11.3 Å². The number of amides is 1. The molecular formula is C15H12FN5O. The standard InChI is InChI=1S/C15H12FN5O/c16-12-5-3-11(4-6-12)13-14(20-21-19-13)15(22)18-9-10-2-1-7-17-8-10/h1-8H,9H2,(H,18,22)(H,19,20,21). The molecule has 3 rings (SSSR count). The van der Waals surface area contributed by atoms with Gasteiger partial charge in [0.1, 0.15) is 11.5 Å². The van der Waals surface area contributed by atoms with Gasteiger partial charge in [0.2, 0.25) is 0 Å². The zero-order chi connectivity index (χ0) is 15.4.